The molecule has 0 radical (unpaired) electrons. The highest BCUT2D eigenvalue weighted by Gasteiger charge is 1.25. The van der Waals surface area contributed by atoms with Gasteiger partial charge in [0.2, 0.25) is 0 Å². The van der Waals surface area contributed by atoms with Crippen molar-refractivity contribution in [1.29, 1.82) is 0 Å². The fourth-order valence-corrected chi connectivity index (χ4v) is 0. The van der Waals surface area contributed by atoms with Gasteiger partial charge in [0.1, 0.15) is 0 Å². The molecular weight excluding hydrogens is 88.1 g/mol. The van der Waals surface area contributed by atoms with Gasteiger partial charge in [0.15, 0.2) is 0 Å². The van der Waals surface area contributed by atoms with Crippen LogP contribution in [0.1, 0.15) is 0 Å². The lowest BCUT2D eigenvalue weighted by molar-refractivity contribution is 0.277. The maximum Gasteiger partial charge on any atom is 0.0351 e. The van der Waals surface area contributed by atoms with Gasteiger partial charge in [-0.1, -0.05) is 0 Å². The van der Waals surface area contributed by atoms with Gasteiger partial charge in [-0.3, -0.25) is 0 Å². The van der Waals surface area contributed by atoms with Gasteiger partial charge < -0.3 is 4.74 Å². The summed E-state index contributed by atoms with van der Waals surface area (Å²) in [5.41, 5.74) is 0. The zero-order chi connectivity index (χ0) is 6.71. The Morgan fingerprint density at radius 3 is 0.857 bits per heavy atom. The third-order valence-corrected chi connectivity index (χ3v) is 0. The molecule has 0 aliphatic heterocycles. The zero-order valence-corrected chi connectivity index (χ0v) is 5.24. The smallest absolute Gasteiger partial charge is 0.0351 e. The molecule has 0 aromatic carbocycles. The summed E-state index contributed by atoms with van der Waals surface area (Å²) in [5.74, 6) is 0. The minimum atomic E-state index is 1.62. The second-order valence-corrected chi connectivity index (χ2v) is 0.408. The Morgan fingerprint density at radius 1 is 0.857 bits per heavy atom. The topological polar surface area (TPSA) is 9.23 Å². The van der Waals surface area contributed by atoms with E-state index in [-0.39, 0.29) is 0 Å². The third-order valence-electron chi connectivity index (χ3n) is 0. The SMILES string of the molecule is C=C.C=C.COC. The molecule has 0 fully saturated rings. The highest BCUT2D eigenvalue weighted by atomic mass is 16.4. The van der Waals surface area contributed by atoms with E-state index in [4.69, 9.17) is 0 Å². The van der Waals surface area contributed by atoms with Crippen molar-refractivity contribution in [3.63, 3.8) is 0 Å². The first kappa shape index (κ1) is 16.1. The molecule has 0 bridgehead atoms. The van der Waals surface area contributed by atoms with Crippen molar-refractivity contribution in [2.75, 3.05) is 14.2 Å². The first-order valence-corrected chi connectivity index (χ1v) is 1.82. The maximum atomic E-state index is 4.25. The van der Waals surface area contributed by atoms with E-state index in [1.807, 2.05) is 0 Å². The summed E-state index contributed by atoms with van der Waals surface area (Å²) in [6.45, 7) is 12.0. The van der Waals surface area contributed by atoms with Crippen molar-refractivity contribution < 1.29 is 4.74 Å². The fourth-order valence-electron chi connectivity index (χ4n) is 0. The van der Waals surface area contributed by atoms with E-state index < -0.39 is 0 Å². The van der Waals surface area contributed by atoms with Gasteiger partial charge in [0, 0.05) is 14.2 Å². The van der Waals surface area contributed by atoms with Crippen LogP contribution in [-0.4, -0.2) is 14.2 Å². The first-order chi connectivity index (χ1) is 3.41. The summed E-state index contributed by atoms with van der Waals surface area (Å²) >= 11 is 0. The van der Waals surface area contributed by atoms with Gasteiger partial charge in [-0.2, -0.15) is 0 Å². The van der Waals surface area contributed by atoms with Crippen LogP contribution in [0.15, 0.2) is 26.3 Å². The molecule has 0 aliphatic rings. The summed E-state index contributed by atoms with van der Waals surface area (Å²) in [6.07, 6.45) is 0. The average molecular weight is 102 g/mol. The summed E-state index contributed by atoms with van der Waals surface area (Å²) in [7, 11) is 3.25. The Kier molecular flexibility index (Phi) is 1270. The first-order valence-electron chi connectivity index (χ1n) is 1.82. The normalized spacial score (nSPS) is 3.71. The van der Waals surface area contributed by atoms with E-state index in [1.165, 1.54) is 0 Å². The molecule has 0 amide bonds. The zero-order valence-electron chi connectivity index (χ0n) is 5.24. The van der Waals surface area contributed by atoms with E-state index in [2.05, 4.69) is 31.1 Å². The Bertz CT molecular complexity index is 11.7. The number of hydrogen-bond acceptors (Lipinski definition) is 1. The lowest BCUT2D eigenvalue weighted by Crippen LogP contribution is -1.55. The quantitative estimate of drug-likeness (QED) is 0.424. The van der Waals surface area contributed by atoms with Crippen molar-refractivity contribution in [1.82, 2.24) is 0 Å². The van der Waals surface area contributed by atoms with Crippen molar-refractivity contribution in [2.24, 2.45) is 0 Å². The van der Waals surface area contributed by atoms with Crippen LogP contribution < -0.4 is 0 Å². The minimum absolute atomic E-state index is 1.62. The second-order valence-electron chi connectivity index (χ2n) is 0.408. The molecule has 0 aliphatic carbocycles. The van der Waals surface area contributed by atoms with Crippen LogP contribution in [0.2, 0.25) is 0 Å². The monoisotopic (exact) mass is 102 g/mol. The Labute approximate surface area is 46.3 Å². The number of rotatable bonds is 0. The molecular formula is C6H14O. The average Bonchev–Trinajstić information content (AvgIpc) is 1.78. The van der Waals surface area contributed by atoms with Crippen LogP contribution in [-0.2, 0) is 4.74 Å². The van der Waals surface area contributed by atoms with Crippen LogP contribution in [0.3, 0.4) is 0 Å². The molecule has 44 valence electrons. The number of ether oxygens (including phenoxy) is 1. The Morgan fingerprint density at radius 2 is 0.857 bits per heavy atom. The van der Waals surface area contributed by atoms with Gasteiger partial charge in [-0.15, -0.1) is 26.3 Å². The lowest BCUT2D eigenvalue weighted by atomic mass is 11.3. The maximum absolute atomic E-state index is 4.25. The fraction of sp³-hybridized carbons (Fsp3) is 0.333. The van der Waals surface area contributed by atoms with E-state index in [1.54, 1.807) is 14.2 Å². The molecule has 0 saturated carbocycles. The van der Waals surface area contributed by atoms with Crippen molar-refractivity contribution >= 4 is 0 Å². The Balaban J connectivity index is -0.0000000360. The number of hydrogen-bond donors (Lipinski definition) is 0. The molecule has 0 unspecified atom stereocenters. The van der Waals surface area contributed by atoms with Crippen LogP contribution in [0.5, 0.6) is 0 Å². The van der Waals surface area contributed by atoms with Crippen molar-refractivity contribution in [3.8, 4) is 0 Å². The van der Waals surface area contributed by atoms with Crippen LogP contribution in [0, 0.1) is 0 Å². The van der Waals surface area contributed by atoms with Crippen LogP contribution in [0.25, 0.3) is 0 Å². The van der Waals surface area contributed by atoms with Crippen molar-refractivity contribution in [3.05, 3.63) is 26.3 Å². The van der Waals surface area contributed by atoms with Gasteiger partial charge in [0.05, 0.1) is 0 Å². The standard InChI is InChI=1S/C2H6O.2C2H4/c1-3-2;2*1-2/h1-2H3;2*1-2H2. The van der Waals surface area contributed by atoms with E-state index in [0.717, 1.165) is 0 Å². The molecule has 0 atom stereocenters. The second kappa shape index (κ2) is 554. The van der Waals surface area contributed by atoms with E-state index >= 15 is 0 Å². The van der Waals surface area contributed by atoms with Gasteiger partial charge in [-0.05, 0) is 0 Å². The van der Waals surface area contributed by atoms with Crippen molar-refractivity contribution in [2.45, 2.75) is 0 Å². The lowest BCUT2D eigenvalue weighted by Gasteiger charge is -1.61. The molecule has 0 saturated heterocycles. The van der Waals surface area contributed by atoms with Crippen LogP contribution in [0.4, 0.5) is 0 Å². The molecule has 0 N–H and O–H groups in total. The van der Waals surface area contributed by atoms with E-state index in [0.29, 0.717) is 0 Å². The summed E-state index contributed by atoms with van der Waals surface area (Å²) in [5, 5.41) is 0. The predicted molar refractivity (Wildman–Crippen MR) is 35.4 cm³/mol. The van der Waals surface area contributed by atoms with Gasteiger partial charge >= 0.3 is 0 Å². The molecule has 7 heavy (non-hydrogen) atoms. The molecule has 1 nitrogen and oxygen atoms in total. The molecule has 0 aromatic heterocycles. The van der Waals surface area contributed by atoms with E-state index in [9.17, 15) is 0 Å². The summed E-state index contributed by atoms with van der Waals surface area (Å²) in [4.78, 5) is 0. The highest BCUT2D eigenvalue weighted by Crippen LogP contribution is 1.28. The Hall–Kier alpha value is -0.560. The minimum Gasteiger partial charge on any atom is -0.388 e. The molecule has 0 heterocycles. The van der Waals surface area contributed by atoms with Gasteiger partial charge in [0.25, 0.3) is 0 Å². The summed E-state index contributed by atoms with van der Waals surface area (Å²) < 4.78 is 4.25. The highest BCUT2D eigenvalue weighted by molar-refractivity contribution is 4.22. The molecule has 0 spiro atoms. The summed E-state index contributed by atoms with van der Waals surface area (Å²) in [6, 6.07) is 0. The largest absolute Gasteiger partial charge is 0.388 e. The predicted octanol–water partition coefficient (Wildman–Crippen LogP) is 1.87. The molecule has 0 rings (SSSR count). The van der Waals surface area contributed by atoms with Gasteiger partial charge in [-0.25, -0.2) is 0 Å². The van der Waals surface area contributed by atoms with Crippen LogP contribution >= 0.6 is 0 Å². The molecule has 0 aromatic rings. The molecule has 1 heteroatoms. The number of methoxy groups -OCH3 is 1. The third kappa shape index (κ3) is 205.